The van der Waals surface area contributed by atoms with Crippen molar-refractivity contribution in [3.05, 3.63) is 65.0 Å². The van der Waals surface area contributed by atoms with E-state index in [1.807, 2.05) is 18.2 Å². The van der Waals surface area contributed by atoms with E-state index in [0.29, 0.717) is 17.0 Å². The number of nitrogen functional groups attached to an aromatic ring is 1. The molecule has 2 heterocycles. The van der Waals surface area contributed by atoms with E-state index in [9.17, 15) is 14.7 Å². The van der Waals surface area contributed by atoms with Gasteiger partial charge < -0.3 is 25.5 Å². The molecule has 0 atom stereocenters. The first-order valence-corrected chi connectivity index (χ1v) is 7.27. The van der Waals surface area contributed by atoms with Gasteiger partial charge in [-0.2, -0.15) is 0 Å². The summed E-state index contributed by atoms with van der Waals surface area (Å²) in [5.74, 6) is -0.844. The topological polar surface area (TPSA) is 126 Å². The molecule has 0 aliphatic rings. The molecule has 0 saturated heterocycles. The van der Waals surface area contributed by atoms with Gasteiger partial charge in [0.1, 0.15) is 11.4 Å². The number of aromatic carboxylic acids is 1. The molecule has 0 bridgehead atoms. The molecular weight excluding hydrogens is 347 g/mol. The van der Waals surface area contributed by atoms with Gasteiger partial charge >= 0.3 is 35.5 Å². The van der Waals surface area contributed by atoms with Gasteiger partial charge in [0.2, 0.25) is 5.78 Å². The van der Waals surface area contributed by atoms with Crippen molar-refractivity contribution in [1.82, 2.24) is 4.40 Å². The normalized spacial score (nSPS) is 9.92. The first kappa shape index (κ1) is 21.7. The van der Waals surface area contributed by atoms with E-state index in [2.05, 4.69) is 0 Å². The molecule has 0 aliphatic heterocycles. The summed E-state index contributed by atoms with van der Waals surface area (Å²) >= 11 is 0. The van der Waals surface area contributed by atoms with Crippen LogP contribution >= 0.6 is 0 Å². The average Bonchev–Trinajstić information content (AvgIpc) is 2.85. The molecule has 0 aliphatic carbocycles. The molecule has 0 amide bonds. The molecule has 0 spiro atoms. The van der Waals surface area contributed by atoms with Gasteiger partial charge in [-0.05, 0) is 37.3 Å². The van der Waals surface area contributed by atoms with Crippen LogP contribution in [0.4, 0.5) is 5.69 Å². The number of carboxylic acid groups (broad SMARTS) is 1. The summed E-state index contributed by atoms with van der Waals surface area (Å²) in [4.78, 5) is 24.2. The molecule has 7 nitrogen and oxygen atoms in total. The number of carboxylic acids is 1. The van der Waals surface area contributed by atoms with E-state index in [-0.39, 0.29) is 57.6 Å². The molecular formula is C18H19N2NaO5. The van der Waals surface area contributed by atoms with Crippen LogP contribution in [0.2, 0.25) is 0 Å². The van der Waals surface area contributed by atoms with Gasteiger partial charge in [-0.3, -0.25) is 4.79 Å². The molecule has 5 N–H and O–H groups in total. The van der Waals surface area contributed by atoms with Gasteiger partial charge in [0, 0.05) is 23.0 Å². The number of anilines is 1. The van der Waals surface area contributed by atoms with E-state index in [1.54, 1.807) is 24.6 Å². The second kappa shape index (κ2) is 8.37. The number of pyridine rings is 1. The minimum atomic E-state index is -1.17. The van der Waals surface area contributed by atoms with E-state index in [4.69, 9.17) is 10.5 Å². The van der Waals surface area contributed by atoms with E-state index in [0.717, 1.165) is 5.52 Å². The quantitative estimate of drug-likeness (QED) is 0.409. The number of hydrogen-bond donors (Lipinski definition) is 2. The molecule has 0 saturated carbocycles. The van der Waals surface area contributed by atoms with Crippen molar-refractivity contribution in [2.45, 2.75) is 6.92 Å². The predicted octanol–water partition coefficient (Wildman–Crippen LogP) is 1.29. The van der Waals surface area contributed by atoms with Crippen LogP contribution < -0.4 is 10.5 Å². The maximum atomic E-state index is 13.0. The first-order valence-electron chi connectivity index (χ1n) is 7.27. The summed E-state index contributed by atoms with van der Waals surface area (Å²) in [6.07, 6.45) is 1.77. The Morgan fingerprint density at radius 2 is 1.88 bits per heavy atom. The van der Waals surface area contributed by atoms with Crippen LogP contribution in [0.1, 0.15) is 32.0 Å². The number of methoxy groups -OCH3 is 1. The van der Waals surface area contributed by atoms with Gasteiger partial charge in [-0.25, -0.2) is 4.79 Å². The number of fused-ring (bicyclic) bond motifs is 1. The summed E-state index contributed by atoms with van der Waals surface area (Å²) < 4.78 is 7.16. The minimum absolute atomic E-state index is 0. The van der Waals surface area contributed by atoms with E-state index in [1.165, 1.54) is 18.2 Å². The second-order valence-electron chi connectivity index (χ2n) is 5.40. The van der Waals surface area contributed by atoms with Crippen LogP contribution in [0.25, 0.3) is 5.52 Å². The van der Waals surface area contributed by atoms with Crippen molar-refractivity contribution in [1.29, 1.82) is 0 Å². The Morgan fingerprint density at radius 1 is 1.19 bits per heavy atom. The van der Waals surface area contributed by atoms with Crippen LogP contribution in [0, 0.1) is 6.92 Å². The zero-order chi connectivity index (χ0) is 17.4. The number of ketones is 1. The number of nitrogens with two attached hydrogens (primary N) is 1. The number of ether oxygens (including phenoxy) is 1. The molecule has 8 heteroatoms. The van der Waals surface area contributed by atoms with Crippen molar-refractivity contribution in [3.63, 3.8) is 0 Å². The number of nitrogens with zero attached hydrogens (tertiary/aromatic N) is 1. The van der Waals surface area contributed by atoms with Gasteiger partial charge in [0.15, 0.2) is 0 Å². The SMILES string of the molecule is COc1c(C)c(C(=O)c2ccc(N)c(C(=O)O)c2)n2ccccc12.O.[NaH]. The third-order valence-electron chi connectivity index (χ3n) is 3.99. The number of carbonyl (C=O) groups excluding carboxylic acids is 1. The molecule has 3 aromatic rings. The van der Waals surface area contributed by atoms with Crippen LogP contribution in [0.3, 0.4) is 0 Å². The molecule has 132 valence electrons. The maximum absolute atomic E-state index is 13.0. The number of carbonyl (C=O) groups is 2. The summed E-state index contributed by atoms with van der Waals surface area (Å²) in [7, 11) is 1.55. The summed E-state index contributed by atoms with van der Waals surface area (Å²) in [6.45, 7) is 1.80. The fourth-order valence-electron chi connectivity index (χ4n) is 2.86. The Hall–Kier alpha value is -2.32. The first-order chi connectivity index (χ1) is 11.5. The Labute approximate surface area is 172 Å². The number of benzene rings is 1. The van der Waals surface area contributed by atoms with Crippen molar-refractivity contribution in [2.75, 3.05) is 12.8 Å². The summed E-state index contributed by atoms with van der Waals surface area (Å²) in [5.41, 5.74) is 7.85. The summed E-state index contributed by atoms with van der Waals surface area (Å²) in [6, 6.07) is 9.78. The van der Waals surface area contributed by atoms with Crippen molar-refractivity contribution in [2.24, 2.45) is 0 Å². The molecule has 1 aromatic carbocycles. The average molecular weight is 366 g/mol. The van der Waals surface area contributed by atoms with Gasteiger partial charge in [-0.15, -0.1) is 0 Å². The monoisotopic (exact) mass is 366 g/mol. The van der Waals surface area contributed by atoms with Gasteiger partial charge in [0.25, 0.3) is 0 Å². The number of hydrogen-bond acceptors (Lipinski definition) is 4. The molecule has 2 aromatic heterocycles. The van der Waals surface area contributed by atoms with Crippen LogP contribution in [0.5, 0.6) is 5.75 Å². The Bertz CT molecular complexity index is 981. The van der Waals surface area contributed by atoms with Crippen molar-refractivity contribution < 1.29 is 24.9 Å². The fourth-order valence-corrected chi connectivity index (χ4v) is 2.86. The standard InChI is InChI=1S/C18H16N2O4.Na.H2O.H/c1-10-15(20-8-4-3-5-14(20)17(10)24-2)16(21)11-6-7-13(19)12(9-11)18(22)23;;;/h3-9H,19H2,1-2H3,(H,22,23);;1H2;. The zero-order valence-electron chi connectivity index (χ0n) is 13.7. The second-order valence-corrected chi connectivity index (χ2v) is 5.40. The third-order valence-corrected chi connectivity index (χ3v) is 3.99. The van der Waals surface area contributed by atoms with Crippen LogP contribution in [0.15, 0.2) is 42.6 Å². The molecule has 0 radical (unpaired) electrons. The zero-order valence-corrected chi connectivity index (χ0v) is 13.7. The fraction of sp³-hybridized carbons (Fsp3) is 0.111. The van der Waals surface area contributed by atoms with E-state index >= 15 is 0 Å². The summed E-state index contributed by atoms with van der Waals surface area (Å²) in [5, 5.41) is 9.19. The van der Waals surface area contributed by atoms with Crippen LogP contribution in [-0.4, -0.2) is 63.4 Å². The van der Waals surface area contributed by atoms with Gasteiger partial charge in [-0.1, -0.05) is 6.07 Å². The number of aromatic nitrogens is 1. The Balaban J connectivity index is 0.00000169. The van der Waals surface area contributed by atoms with Gasteiger partial charge in [0.05, 0.1) is 18.2 Å². The molecule has 0 unspecified atom stereocenters. The van der Waals surface area contributed by atoms with E-state index < -0.39 is 5.97 Å². The predicted molar refractivity (Wildman–Crippen MR) is 101 cm³/mol. The van der Waals surface area contributed by atoms with Crippen LogP contribution in [-0.2, 0) is 0 Å². The van der Waals surface area contributed by atoms with Crippen molar-refractivity contribution >= 4 is 52.5 Å². The molecule has 3 rings (SSSR count). The number of rotatable bonds is 4. The van der Waals surface area contributed by atoms with Crippen molar-refractivity contribution in [3.8, 4) is 5.75 Å². The third kappa shape index (κ3) is 3.47. The molecule has 0 fully saturated rings. The Kier molecular flexibility index (Phi) is 7.00. The Morgan fingerprint density at radius 3 is 2.50 bits per heavy atom. The molecule has 26 heavy (non-hydrogen) atoms.